The second kappa shape index (κ2) is 8.96. The van der Waals surface area contributed by atoms with Crippen molar-refractivity contribution in [3.63, 3.8) is 0 Å². The van der Waals surface area contributed by atoms with Gasteiger partial charge in [0.1, 0.15) is 15.7 Å². The van der Waals surface area contributed by atoms with E-state index in [1.54, 1.807) is 29.3 Å². The summed E-state index contributed by atoms with van der Waals surface area (Å²) >= 11 is 3.24. The van der Waals surface area contributed by atoms with E-state index < -0.39 is 0 Å². The third kappa shape index (κ3) is 4.14. The molecule has 1 amide bonds. The number of rotatable bonds is 7. The summed E-state index contributed by atoms with van der Waals surface area (Å²) in [6.45, 7) is 2.64. The lowest BCUT2D eigenvalue weighted by atomic mass is 10.1. The Morgan fingerprint density at radius 3 is 2.58 bits per heavy atom. The molecule has 0 aliphatic carbocycles. The maximum absolute atomic E-state index is 12.7. The molecule has 3 rings (SSSR count). The number of pyridine rings is 1. The van der Waals surface area contributed by atoms with E-state index >= 15 is 0 Å². The first-order chi connectivity index (χ1) is 12.7. The third-order valence-corrected chi connectivity index (χ3v) is 5.69. The molecule has 26 heavy (non-hydrogen) atoms. The highest BCUT2D eigenvalue weighted by atomic mass is 32.2. The summed E-state index contributed by atoms with van der Waals surface area (Å²) in [5.41, 5.74) is 2.84. The van der Waals surface area contributed by atoms with Crippen LogP contribution in [0.4, 0.5) is 5.00 Å². The monoisotopic (exact) mass is 383 g/mol. The lowest BCUT2D eigenvalue weighted by Crippen LogP contribution is -2.30. The highest BCUT2D eigenvalue weighted by molar-refractivity contribution is 7.98. The Kier molecular flexibility index (Phi) is 6.41. The summed E-state index contributed by atoms with van der Waals surface area (Å²) in [7, 11) is 0. The van der Waals surface area contributed by atoms with Crippen LogP contribution >= 0.6 is 23.1 Å². The molecule has 2 aromatic heterocycles. The number of thiazole rings is 1. The molecule has 0 aliphatic rings. The standard InChI is InChI=1S/C20H21N3OS2/c1-3-23(17(24)11-13-25-2)20-18(15-8-5-4-6-9-15)22-19(26-20)16-10-7-12-21-14-16/h4-10,12,14H,3,11,13H2,1-2H3. The summed E-state index contributed by atoms with van der Waals surface area (Å²) in [5.74, 6) is 0.963. The number of nitrogens with zero attached hydrogens (tertiary/aromatic N) is 3. The molecule has 134 valence electrons. The average molecular weight is 384 g/mol. The second-order valence-electron chi connectivity index (χ2n) is 5.66. The van der Waals surface area contributed by atoms with E-state index in [1.807, 2.05) is 66.7 Å². The van der Waals surface area contributed by atoms with Gasteiger partial charge >= 0.3 is 0 Å². The Morgan fingerprint density at radius 2 is 1.92 bits per heavy atom. The fourth-order valence-electron chi connectivity index (χ4n) is 2.65. The largest absolute Gasteiger partial charge is 0.302 e. The van der Waals surface area contributed by atoms with Crippen LogP contribution in [-0.4, -0.2) is 34.4 Å². The number of hydrogen-bond acceptors (Lipinski definition) is 5. The van der Waals surface area contributed by atoms with Crippen LogP contribution in [0, 0.1) is 0 Å². The van der Waals surface area contributed by atoms with Crippen LogP contribution in [0.1, 0.15) is 13.3 Å². The van der Waals surface area contributed by atoms with Gasteiger partial charge in [-0.05, 0) is 25.3 Å². The van der Waals surface area contributed by atoms with Crippen LogP contribution in [-0.2, 0) is 4.79 Å². The zero-order valence-corrected chi connectivity index (χ0v) is 16.5. The Balaban J connectivity index is 2.07. The fourth-order valence-corrected chi connectivity index (χ4v) is 4.19. The van der Waals surface area contributed by atoms with E-state index in [-0.39, 0.29) is 5.91 Å². The number of thioether (sulfide) groups is 1. The Labute approximate surface area is 162 Å². The average Bonchev–Trinajstić information content (AvgIpc) is 3.13. The first-order valence-corrected chi connectivity index (χ1v) is 10.7. The normalized spacial score (nSPS) is 10.7. The van der Waals surface area contributed by atoms with Crippen LogP contribution in [0.5, 0.6) is 0 Å². The van der Waals surface area contributed by atoms with E-state index in [0.29, 0.717) is 13.0 Å². The van der Waals surface area contributed by atoms with Gasteiger partial charge < -0.3 is 4.90 Å². The van der Waals surface area contributed by atoms with Gasteiger partial charge in [0, 0.05) is 42.2 Å². The summed E-state index contributed by atoms with van der Waals surface area (Å²) in [6.07, 6.45) is 6.11. The van der Waals surface area contributed by atoms with Crippen molar-refractivity contribution in [2.24, 2.45) is 0 Å². The highest BCUT2D eigenvalue weighted by Crippen LogP contribution is 2.40. The van der Waals surface area contributed by atoms with Gasteiger partial charge in [-0.25, -0.2) is 4.98 Å². The number of aromatic nitrogens is 2. The summed E-state index contributed by atoms with van der Waals surface area (Å²) in [5, 5.41) is 1.78. The van der Waals surface area contributed by atoms with Crippen molar-refractivity contribution in [3.8, 4) is 21.8 Å². The molecule has 1 aromatic carbocycles. The van der Waals surface area contributed by atoms with Crippen molar-refractivity contribution in [1.29, 1.82) is 0 Å². The molecule has 0 spiro atoms. The number of benzene rings is 1. The number of carbonyl (C=O) groups is 1. The smallest absolute Gasteiger partial charge is 0.228 e. The third-order valence-electron chi connectivity index (χ3n) is 3.95. The molecule has 0 aliphatic heterocycles. The van der Waals surface area contributed by atoms with E-state index in [1.165, 1.54) is 0 Å². The topological polar surface area (TPSA) is 46.1 Å². The van der Waals surface area contributed by atoms with Gasteiger partial charge in [-0.2, -0.15) is 11.8 Å². The van der Waals surface area contributed by atoms with Crippen LogP contribution in [0.2, 0.25) is 0 Å². The van der Waals surface area contributed by atoms with Crippen molar-refractivity contribution in [2.45, 2.75) is 13.3 Å². The SMILES string of the molecule is CCN(C(=O)CCSC)c1sc(-c2cccnc2)nc1-c1ccccc1. The fraction of sp³-hybridized carbons (Fsp3) is 0.250. The first-order valence-electron chi connectivity index (χ1n) is 8.50. The lowest BCUT2D eigenvalue weighted by Gasteiger charge is -2.20. The van der Waals surface area contributed by atoms with Crippen molar-refractivity contribution in [3.05, 3.63) is 54.9 Å². The lowest BCUT2D eigenvalue weighted by molar-refractivity contribution is -0.118. The molecular formula is C20H21N3OS2. The van der Waals surface area contributed by atoms with Gasteiger partial charge in [0.05, 0.1) is 0 Å². The Morgan fingerprint density at radius 1 is 1.15 bits per heavy atom. The van der Waals surface area contributed by atoms with E-state index in [9.17, 15) is 4.79 Å². The maximum atomic E-state index is 12.7. The van der Waals surface area contributed by atoms with Crippen LogP contribution in [0.15, 0.2) is 54.9 Å². The molecule has 0 bridgehead atoms. The van der Waals surface area contributed by atoms with Gasteiger partial charge in [0.15, 0.2) is 0 Å². The zero-order chi connectivity index (χ0) is 18.4. The number of anilines is 1. The Bertz CT molecular complexity index is 850. The molecule has 0 radical (unpaired) electrons. The summed E-state index contributed by atoms with van der Waals surface area (Å²) in [4.78, 5) is 23.7. The number of carbonyl (C=O) groups excluding carboxylic acids is 1. The minimum absolute atomic E-state index is 0.139. The van der Waals surface area contributed by atoms with E-state index in [0.717, 1.165) is 32.6 Å². The van der Waals surface area contributed by atoms with Crippen molar-refractivity contribution < 1.29 is 4.79 Å². The number of hydrogen-bond donors (Lipinski definition) is 0. The van der Waals surface area contributed by atoms with Gasteiger partial charge in [-0.1, -0.05) is 41.7 Å². The second-order valence-corrected chi connectivity index (χ2v) is 7.62. The maximum Gasteiger partial charge on any atom is 0.228 e. The van der Waals surface area contributed by atoms with Crippen LogP contribution in [0.3, 0.4) is 0 Å². The van der Waals surface area contributed by atoms with Crippen molar-refractivity contribution in [1.82, 2.24) is 9.97 Å². The van der Waals surface area contributed by atoms with Crippen molar-refractivity contribution >= 4 is 34.0 Å². The molecule has 6 heteroatoms. The van der Waals surface area contributed by atoms with Gasteiger partial charge in [-0.15, -0.1) is 0 Å². The van der Waals surface area contributed by atoms with Crippen molar-refractivity contribution in [2.75, 3.05) is 23.5 Å². The van der Waals surface area contributed by atoms with Crippen LogP contribution < -0.4 is 4.90 Å². The predicted molar refractivity (Wildman–Crippen MR) is 112 cm³/mol. The first kappa shape index (κ1) is 18.6. The zero-order valence-electron chi connectivity index (χ0n) is 14.9. The van der Waals surface area contributed by atoms with E-state index in [2.05, 4.69) is 4.98 Å². The summed E-state index contributed by atoms with van der Waals surface area (Å²) < 4.78 is 0. The van der Waals surface area contributed by atoms with Gasteiger partial charge in [-0.3, -0.25) is 9.78 Å². The highest BCUT2D eigenvalue weighted by Gasteiger charge is 2.23. The molecular weight excluding hydrogens is 362 g/mol. The van der Waals surface area contributed by atoms with E-state index in [4.69, 9.17) is 4.98 Å². The van der Waals surface area contributed by atoms with Gasteiger partial charge in [0.25, 0.3) is 0 Å². The molecule has 2 heterocycles. The van der Waals surface area contributed by atoms with Gasteiger partial charge in [0.2, 0.25) is 5.91 Å². The molecule has 0 N–H and O–H groups in total. The minimum atomic E-state index is 0.139. The molecule has 0 saturated carbocycles. The number of amides is 1. The van der Waals surface area contributed by atoms with Crippen LogP contribution in [0.25, 0.3) is 21.8 Å². The quantitative estimate of drug-likeness (QED) is 0.577. The summed E-state index contributed by atoms with van der Waals surface area (Å²) in [6, 6.07) is 13.9. The Hall–Kier alpha value is -2.18. The predicted octanol–water partition coefficient (Wildman–Crippen LogP) is 4.98. The molecule has 0 saturated heterocycles. The molecule has 0 atom stereocenters. The molecule has 3 aromatic rings. The molecule has 4 nitrogen and oxygen atoms in total. The minimum Gasteiger partial charge on any atom is -0.302 e. The molecule has 0 fully saturated rings. The molecule has 0 unspecified atom stereocenters.